The number of likely N-dealkylation sites (tertiary alicyclic amines) is 1. The molecular formula is C20H39IN4. The van der Waals surface area contributed by atoms with E-state index < -0.39 is 0 Å². The van der Waals surface area contributed by atoms with E-state index in [1.54, 1.807) is 0 Å². The van der Waals surface area contributed by atoms with Crippen LogP contribution in [0.3, 0.4) is 0 Å². The molecule has 0 bridgehead atoms. The molecule has 2 fully saturated rings. The van der Waals surface area contributed by atoms with Crippen LogP contribution in [0.5, 0.6) is 0 Å². The molecule has 2 N–H and O–H groups in total. The number of hydrogen-bond donors (Lipinski definition) is 2. The Bertz CT molecular complexity index is 421. The minimum atomic E-state index is 0. The summed E-state index contributed by atoms with van der Waals surface area (Å²) in [5.41, 5.74) is 1.73. The van der Waals surface area contributed by atoms with Gasteiger partial charge in [-0.1, -0.05) is 31.9 Å². The van der Waals surface area contributed by atoms with Gasteiger partial charge in [0.15, 0.2) is 5.96 Å². The zero-order valence-corrected chi connectivity index (χ0v) is 18.9. The van der Waals surface area contributed by atoms with Gasteiger partial charge < -0.3 is 10.6 Å². The van der Waals surface area contributed by atoms with Gasteiger partial charge in [0.25, 0.3) is 0 Å². The van der Waals surface area contributed by atoms with Gasteiger partial charge in [0.2, 0.25) is 0 Å². The average Bonchev–Trinajstić information content (AvgIpc) is 3.04. The summed E-state index contributed by atoms with van der Waals surface area (Å²) in [6.45, 7) is 15.9. The van der Waals surface area contributed by atoms with E-state index in [9.17, 15) is 0 Å². The fourth-order valence-corrected chi connectivity index (χ4v) is 4.13. The second-order valence-electron chi connectivity index (χ2n) is 7.91. The van der Waals surface area contributed by atoms with Crippen molar-refractivity contribution in [1.82, 2.24) is 15.5 Å². The summed E-state index contributed by atoms with van der Waals surface area (Å²) in [6, 6.07) is 0.547. The maximum Gasteiger partial charge on any atom is 0.191 e. The highest BCUT2D eigenvalue weighted by Crippen LogP contribution is 2.41. The van der Waals surface area contributed by atoms with Crippen LogP contribution in [0.4, 0.5) is 0 Å². The average molecular weight is 462 g/mol. The summed E-state index contributed by atoms with van der Waals surface area (Å²) in [5, 5.41) is 7.14. The van der Waals surface area contributed by atoms with Crippen LogP contribution in [0, 0.1) is 5.41 Å². The normalized spacial score (nSPS) is 21.6. The first kappa shape index (κ1) is 22.7. The molecule has 0 aromatic heterocycles. The third-order valence-electron chi connectivity index (χ3n) is 5.75. The number of nitrogens with zero attached hydrogens (tertiary/aromatic N) is 2. The quantitative estimate of drug-likeness (QED) is 0.258. The molecule has 0 radical (unpaired) electrons. The summed E-state index contributed by atoms with van der Waals surface area (Å²) >= 11 is 0. The third kappa shape index (κ3) is 7.45. The highest BCUT2D eigenvalue weighted by molar-refractivity contribution is 14.0. The molecule has 0 amide bonds. The number of halogens is 1. The molecule has 0 unspecified atom stereocenters. The molecule has 2 rings (SSSR count). The van der Waals surface area contributed by atoms with E-state index in [2.05, 4.69) is 42.9 Å². The van der Waals surface area contributed by atoms with Crippen LogP contribution in [-0.2, 0) is 0 Å². The molecule has 1 aliphatic heterocycles. The van der Waals surface area contributed by atoms with Crippen molar-refractivity contribution >= 4 is 29.9 Å². The van der Waals surface area contributed by atoms with Gasteiger partial charge in [-0.05, 0) is 51.4 Å². The van der Waals surface area contributed by atoms with Gasteiger partial charge in [0.05, 0.1) is 0 Å². The lowest BCUT2D eigenvalue weighted by Gasteiger charge is -2.33. The highest BCUT2D eigenvalue weighted by Gasteiger charge is 2.31. The van der Waals surface area contributed by atoms with Crippen molar-refractivity contribution < 1.29 is 0 Å². The van der Waals surface area contributed by atoms with E-state index in [0.29, 0.717) is 11.5 Å². The number of nitrogens with one attached hydrogen (secondary N) is 2. The molecule has 0 aromatic carbocycles. The van der Waals surface area contributed by atoms with Crippen LogP contribution in [0.15, 0.2) is 17.1 Å². The van der Waals surface area contributed by atoms with Crippen molar-refractivity contribution in [2.45, 2.75) is 71.8 Å². The Morgan fingerprint density at radius 3 is 2.36 bits per heavy atom. The third-order valence-corrected chi connectivity index (χ3v) is 5.75. The van der Waals surface area contributed by atoms with Crippen LogP contribution < -0.4 is 10.6 Å². The van der Waals surface area contributed by atoms with Gasteiger partial charge in [-0.2, -0.15) is 0 Å². The molecule has 0 spiro atoms. The Hall–Kier alpha value is -0.300. The summed E-state index contributed by atoms with van der Waals surface area (Å²) in [5.74, 6) is 1.02. The molecule has 0 aromatic rings. The lowest BCUT2D eigenvalue weighted by molar-refractivity contribution is 0.220. The zero-order chi connectivity index (χ0) is 17.4. The fraction of sp³-hybridized carbons (Fsp3) is 0.850. The maximum atomic E-state index is 4.97. The van der Waals surface area contributed by atoms with Crippen molar-refractivity contribution in [3.63, 3.8) is 0 Å². The second kappa shape index (κ2) is 11.4. The van der Waals surface area contributed by atoms with E-state index in [-0.39, 0.29) is 24.0 Å². The first-order valence-electron chi connectivity index (χ1n) is 9.98. The largest absolute Gasteiger partial charge is 0.357 e. The number of hydrogen-bond acceptors (Lipinski definition) is 2. The highest BCUT2D eigenvalue weighted by atomic mass is 127. The van der Waals surface area contributed by atoms with Gasteiger partial charge in [0.1, 0.15) is 0 Å². The van der Waals surface area contributed by atoms with Gasteiger partial charge in [-0.25, -0.2) is 0 Å². The minimum Gasteiger partial charge on any atom is -0.357 e. The molecule has 1 saturated heterocycles. The van der Waals surface area contributed by atoms with Gasteiger partial charge in [-0.15, -0.1) is 24.0 Å². The van der Waals surface area contributed by atoms with E-state index in [4.69, 9.17) is 4.99 Å². The Balaban J connectivity index is 0.00000312. The number of piperidine rings is 1. The summed E-state index contributed by atoms with van der Waals surface area (Å²) in [4.78, 5) is 7.48. The Morgan fingerprint density at radius 2 is 1.84 bits per heavy atom. The SMILES string of the molecule is C=C(C)CN1CCC(NC(=NCC2(CC)CCCC2)NCC)CC1.I. The molecule has 5 heteroatoms. The number of aliphatic imine (C=N–C) groups is 1. The number of rotatable bonds is 7. The Morgan fingerprint density at radius 1 is 1.20 bits per heavy atom. The Labute approximate surface area is 172 Å². The van der Waals surface area contributed by atoms with Crippen molar-refractivity contribution in [1.29, 1.82) is 0 Å². The molecule has 25 heavy (non-hydrogen) atoms. The summed E-state index contributed by atoms with van der Waals surface area (Å²) in [6.07, 6.45) is 9.11. The first-order chi connectivity index (χ1) is 11.6. The van der Waals surface area contributed by atoms with Crippen LogP contribution >= 0.6 is 24.0 Å². The molecule has 1 saturated carbocycles. The van der Waals surface area contributed by atoms with Crippen LogP contribution in [0.25, 0.3) is 0 Å². The molecule has 1 heterocycles. The van der Waals surface area contributed by atoms with Crippen molar-refractivity contribution in [3.8, 4) is 0 Å². The van der Waals surface area contributed by atoms with E-state index >= 15 is 0 Å². The monoisotopic (exact) mass is 462 g/mol. The smallest absolute Gasteiger partial charge is 0.191 e. The van der Waals surface area contributed by atoms with Gasteiger partial charge in [0, 0.05) is 38.8 Å². The summed E-state index contributed by atoms with van der Waals surface area (Å²) in [7, 11) is 0. The number of guanidine groups is 1. The van der Waals surface area contributed by atoms with Crippen LogP contribution in [-0.4, -0.2) is 49.6 Å². The van der Waals surface area contributed by atoms with Crippen LogP contribution in [0.1, 0.15) is 65.7 Å². The maximum absolute atomic E-state index is 4.97. The predicted octanol–water partition coefficient (Wildman–Crippen LogP) is 4.17. The fourth-order valence-electron chi connectivity index (χ4n) is 4.13. The first-order valence-corrected chi connectivity index (χ1v) is 9.98. The van der Waals surface area contributed by atoms with Gasteiger partial charge >= 0.3 is 0 Å². The van der Waals surface area contributed by atoms with E-state index in [0.717, 1.165) is 38.7 Å². The van der Waals surface area contributed by atoms with Crippen LogP contribution in [0.2, 0.25) is 0 Å². The standard InChI is InChI=1S/C20H38N4.HI/c1-5-20(11-7-8-12-20)16-22-19(21-6-2)23-18-9-13-24(14-10-18)15-17(3)4;/h18H,3,5-16H2,1-2,4H3,(H2,21,22,23);1H. The molecule has 4 nitrogen and oxygen atoms in total. The van der Waals surface area contributed by atoms with Gasteiger partial charge in [-0.3, -0.25) is 9.89 Å². The predicted molar refractivity (Wildman–Crippen MR) is 120 cm³/mol. The van der Waals surface area contributed by atoms with Crippen molar-refractivity contribution in [2.24, 2.45) is 10.4 Å². The zero-order valence-electron chi connectivity index (χ0n) is 16.6. The van der Waals surface area contributed by atoms with Crippen molar-refractivity contribution in [3.05, 3.63) is 12.2 Å². The minimum absolute atomic E-state index is 0. The molecular weight excluding hydrogens is 423 g/mol. The molecule has 1 aliphatic carbocycles. The molecule has 0 atom stereocenters. The lowest BCUT2D eigenvalue weighted by atomic mass is 9.84. The van der Waals surface area contributed by atoms with E-state index in [1.807, 2.05) is 0 Å². The summed E-state index contributed by atoms with van der Waals surface area (Å²) < 4.78 is 0. The van der Waals surface area contributed by atoms with Crippen molar-refractivity contribution in [2.75, 3.05) is 32.7 Å². The topological polar surface area (TPSA) is 39.7 Å². The lowest BCUT2D eigenvalue weighted by Crippen LogP contribution is -2.49. The van der Waals surface area contributed by atoms with E-state index in [1.165, 1.54) is 50.5 Å². The Kier molecular flexibility index (Phi) is 10.4. The molecule has 146 valence electrons. The second-order valence-corrected chi connectivity index (χ2v) is 7.91. The molecule has 2 aliphatic rings.